The summed E-state index contributed by atoms with van der Waals surface area (Å²) in [5.41, 5.74) is 2.06. The summed E-state index contributed by atoms with van der Waals surface area (Å²) in [6.07, 6.45) is 2.70. The summed E-state index contributed by atoms with van der Waals surface area (Å²) in [6.45, 7) is 0. The Morgan fingerprint density at radius 1 is 1.08 bits per heavy atom. The topological polar surface area (TPSA) is 17.1 Å². The van der Waals surface area contributed by atoms with Crippen LogP contribution in [0.5, 0.6) is 0 Å². The minimum atomic E-state index is 0.273. The van der Waals surface area contributed by atoms with Crippen molar-refractivity contribution in [2.75, 3.05) is 0 Å². The molecule has 13 heavy (non-hydrogen) atoms. The molecule has 0 aliphatic heterocycles. The standard InChI is InChI=1S/C10H8Br2O/c11-8-4-6-2-1-3-10(13)7(6)5-9(8)12/h4-5H,1-3H2. The lowest BCUT2D eigenvalue weighted by Crippen LogP contribution is -2.10. The van der Waals surface area contributed by atoms with Crippen LogP contribution in [0.4, 0.5) is 0 Å². The first-order valence-electron chi connectivity index (χ1n) is 4.19. The van der Waals surface area contributed by atoms with Crippen LogP contribution in [0.2, 0.25) is 0 Å². The number of fused-ring (bicyclic) bond motifs is 1. The molecule has 1 aliphatic rings. The quantitative estimate of drug-likeness (QED) is 0.714. The molecule has 0 spiro atoms. The number of carbonyl (C=O) groups excluding carboxylic acids is 1. The van der Waals surface area contributed by atoms with E-state index in [2.05, 4.69) is 31.9 Å². The first-order chi connectivity index (χ1) is 6.18. The third-order valence-electron chi connectivity index (χ3n) is 2.30. The van der Waals surface area contributed by atoms with E-state index in [1.54, 1.807) is 0 Å². The van der Waals surface area contributed by atoms with Crippen molar-refractivity contribution in [1.82, 2.24) is 0 Å². The first-order valence-corrected chi connectivity index (χ1v) is 5.78. The van der Waals surface area contributed by atoms with Gasteiger partial charge in [-0.15, -0.1) is 0 Å². The number of Topliss-reactive ketones (excluding diaryl/α,β-unsaturated/α-hetero) is 1. The highest BCUT2D eigenvalue weighted by atomic mass is 79.9. The summed E-state index contributed by atoms with van der Waals surface area (Å²) in [6, 6.07) is 3.96. The summed E-state index contributed by atoms with van der Waals surface area (Å²) < 4.78 is 1.99. The first kappa shape index (κ1) is 9.41. The molecule has 0 bridgehead atoms. The molecule has 0 saturated carbocycles. The van der Waals surface area contributed by atoms with E-state index in [4.69, 9.17) is 0 Å². The van der Waals surface area contributed by atoms with Gasteiger partial charge in [0.2, 0.25) is 0 Å². The van der Waals surface area contributed by atoms with Crippen molar-refractivity contribution in [2.24, 2.45) is 0 Å². The molecule has 0 fully saturated rings. The molecule has 0 saturated heterocycles. The van der Waals surface area contributed by atoms with E-state index in [1.165, 1.54) is 5.56 Å². The van der Waals surface area contributed by atoms with Gasteiger partial charge in [-0.2, -0.15) is 0 Å². The maximum absolute atomic E-state index is 11.5. The molecule has 0 amide bonds. The molecule has 1 nitrogen and oxygen atoms in total. The number of hydrogen-bond acceptors (Lipinski definition) is 1. The van der Waals surface area contributed by atoms with Crippen molar-refractivity contribution in [3.63, 3.8) is 0 Å². The van der Waals surface area contributed by atoms with Crippen LogP contribution in [0.1, 0.15) is 28.8 Å². The molecule has 1 aromatic rings. The molecule has 0 aromatic heterocycles. The van der Waals surface area contributed by atoms with Gasteiger partial charge in [-0.3, -0.25) is 4.79 Å². The zero-order valence-electron chi connectivity index (χ0n) is 6.94. The third kappa shape index (κ3) is 1.72. The minimum Gasteiger partial charge on any atom is -0.294 e. The van der Waals surface area contributed by atoms with E-state index in [9.17, 15) is 4.79 Å². The molecule has 0 unspecified atom stereocenters. The molecule has 68 valence electrons. The van der Waals surface area contributed by atoms with Gasteiger partial charge in [-0.1, -0.05) is 0 Å². The predicted molar refractivity (Wildman–Crippen MR) is 59.1 cm³/mol. The highest BCUT2D eigenvalue weighted by Crippen LogP contribution is 2.30. The highest BCUT2D eigenvalue weighted by molar-refractivity contribution is 9.13. The Labute approximate surface area is 93.8 Å². The lowest BCUT2D eigenvalue weighted by molar-refractivity contribution is 0.0972. The molecular formula is C10H8Br2O. The molecular weight excluding hydrogens is 296 g/mol. The fourth-order valence-electron chi connectivity index (χ4n) is 1.63. The maximum atomic E-state index is 11.5. The Balaban J connectivity index is 2.58. The molecule has 1 aliphatic carbocycles. The fraction of sp³-hybridized carbons (Fsp3) is 0.300. The maximum Gasteiger partial charge on any atom is 0.163 e. The number of hydrogen-bond donors (Lipinski definition) is 0. The van der Waals surface area contributed by atoms with Gasteiger partial charge in [0.05, 0.1) is 0 Å². The third-order valence-corrected chi connectivity index (χ3v) is 4.14. The summed E-state index contributed by atoms with van der Waals surface area (Å²) in [7, 11) is 0. The van der Waals surface area contributed by atoms with Crippen LogP contribution >= 0.6 is 31.9 Å². The second-order valence-electron chi connectivity index (χ2n) is 3.20. The SMILES string of the molecule is O=C1CCCc2cc(Br)c(Br)cc21. The van der Waals surface area contributed by atoms with Crippen molar-refractivity contribution in [3.05, 3.63) is 32.2 Å². The normalized spacial score (nSPS) is 15.7. The van der Waals surface area contributed by atoms with E-state index in [1.807, 2.05) is 12.1 Å². The molecule has 0 radical (unpaired) electrons. The average molecular weight is 304 g/mol. The smallest absolute Gasteiger partial charge is 0.163 e. The lowest BCUT2D eigenvalue weighted by Gasteiger charge is -2.15. The predicted octanol–water partition coefficient (Wildman–Crippen LogP) is 3.73. The molecule has 1 aromatic carbocycles. The number of carbonyl (C=O) groups is 1. The van der Waals surface area contributed by atoms with Gasteiger partial charge in [0, 0.05) is 20.9 Å². The number of halogens is 2. The van der Waals surface area contributed by atoms with Crippen molar-refractivity contribution in [2.45, 2.75) is 19.3 Å². The van der Waals surface area contributed by atoms with Crippen LogP contribution in [0, 0.1) is 0 Å². The van der Waals surface area contributed by atoms with Crippen LogP contribution in [0.15, 0.2) is 21.1 Å². The van der Waals surface area contributed by atoms with Gasteiger partial charge < -0.3 is 0 Å². The number of benzene rings is 1. The van der Waals surface area contributed by atoms with Gasteiger partial charge in [0.1, 0.15) is 0 Å². The Morgan fingerprint density at radius 2 is 1.77 bits per heavy atom. The number of ketones is 1. The Hall–Kier alpha value is -0.150. The average Bonchev–Trinajstić information content (AvgIpc) is 2.09. The van der Waals surface area contributed by atoms with Gasteiger partial charge in [-0.05, 0) is 62.4 Å². The van der Waals surface area contributed by atoms with E-state index in [-0.39, 0.29) is 5.78 Å². The number of rotatable bonds is 0. The Morgan fingerprint density at radius 3 is 2.54 bits per heavy atom. The highest BCUT2D eigenvalue weighted by Gasteiger charge is 2.18. The summed E-state index contributed by atoms with van der Waals surface area (Å²) >= 11 is 6.84. The van der Waals surface area contributed by atoms with Crippen molar-refractivity contribution in [1.29, 1.82) is 0 Å². The second-order valence-corrected chi connectivity index (χ2v) is 4.91. The van der Waals surface area contributed by atoms with Crippen LogP contribution in [0.25, 0.3) is 0 Å². The summed E-state index contributed by atoms with van der Waals surface area (Å²) in [4.78, 5) is 11.5. The van der Waals surface area contributed by atoms with Crippen LogP contribution in [-0.4, -0.2) is 5.78 Å². The lowest BCUT2D eigenvalue weighted by atomic mass is 9.91. The minimum absolute atomic E-state index is 0.273. The van der Waals surface area contributed by atoms with E-state index in [0.717, 1.165) is 27.4 Å². The monoisotopic (exact) mass is 302 g/mol. The summed E-state index contributed by atoms with van der Waals surface area (Å²) in [5, 5.41) is 0. The van der Waals surface area contributed by atoms with Crippen LogP contribution in [-0.2, 0) is 6.42 Å². The number of aryl methyl sites for hydroxylation is 1. The Kier molecular flexibility index (Phi) is 2.56. The van der Waals surface area contributed by atoms with Gasteiger partial charge in [0.25, 0.3) is 0 Å². The van der Waals surface area contributed by atoms with Crippen LogP contribution in [0.3, 0.4) is 0 Å². The fourth-order valence-corrected chi connectivity index (χ4v) is 2.36. The molecule has 3 heteroatoms. The van der Waals surface area contributed by atoms with Crippen molar-refractivity contribution >= 4 is 37.6 Å². The zero-order valence-corrected chi connectivity index (χ0v) is 10.1. The van der Waals surface area contributed by atoms with E-state index < -0.39 is 0 Å². The largest absolute Gasteiger partial charge is 0.294 e. The Bertz CT molecular complexity index is 371. The van der Waals surface area contributed by atoms with Crippen LogP contribution < -0.4 is 0 Å². The van der Waals surface area contributed by atoms with E-state index in [0.29, 0.717) is 6.42 Å². The molecule has 0 N–H and O–H groups in total. The molecule has 0 heterocycles. The summed E-state index contributed by atoms with van der Waals surface area (Å²) in [5.74, 6) is 0.273. The van der Waals surface area contributed by atoms with Crippen molar-refractivity contribution in [3.8, 4) is 0 Å². The zero-order chi connectivity index (χ0) is 9.42. The second kappa shape index (κ2) is 3.54. The molecule has 2 rings (SSSR count). The van der Waals surface area contributed by atoms with Gasteiger partial charge in [0.15, 0.2) is 5.78 Å². The molecule has 0 atom stereocenters. The van der Waals surface area contributed by atoms with Gasteiger partial charge in [-0.25, -0.2) is 0 Å². The van der Waals surface area contributed by atoms with Gasteiger partial charge >= 0.3 is 0 Å². The van der Waals surface area contributed by atoms with Crippen molar-refractivity contribution < 1.29 is 4.79 Å². The van der Waals surface area contributed by atoms with E-state index >= 15 is 0 Å².